The summed E-state index contributed by atoms with van der Waals surface area (Å²) in [4.78, 5) is 12.5. The zero-order chi connectivity index (χ0) is 19.9. The number of nitrogens with zero attached hydrogens (tertiary/aromatic N) is 1. The number of carbonyl (C=O) groups is 1. The van der Waals surface area contributed by atoms with Crippen molar-refractivity contribution in [1.29, 1.82) is 0 Å². The van der Waals surface area contributed by atoms with Gasteiger partial charge in [0.25, 0.3) is 5.91 Å². The summed E-state index contributed by atoms with van der Waals surface area (Å²) >= 11 is 0. The molecule has 0 fully saturated rings. The molecule has 0 aliphatic rings. The minimum atomic E-state index is -3.46. The summed E-state index contributed by atoms with van der Waals surface area (Å²) in [6.07, 6.45) is 1.11. The molecule has 0 aliphatic heterocycles. The van der Waals surface area contributed by atoms with E-state index in [4.69, 9.17) is 4.42 Å². The van der Waals surface area contributed by atoms with E-state index in [1.807, 2.05) is 0 Å². The highest BCUT2D eigenvalue weighted by atomic mass is 32.2. The highest BCUT2D eigenvalue weighted by molar-refractivity contribution is 7.92. The number of hydrogen-bond acceptors (Lipinski definition) is 4. The second-order valence-electron chi connectivity index (χ2n) is 6.26. The number of halogens is 1. The van der Waals surface area contributed by atoms with Crippen molar-refractivity contribution in [1.82, 2.24) is 5.32 Å². The molecule has 8 heteroatoms. The maximum atomic E-state index is 13.3. The van der Waals surface area contributed by atoms with Crippen LogP contribution in [0.5, 0.6) is 0 Å². The molecule has 1 aromatic heterocycles. The fourth-order valence-electron chi connectivity index (χ4n) is 2.91. The summed E-state index contributed by atoms with van der Waals surface area (Å²) in [5.41, 5.74) is 2.35. The first-order valence-corrected chi connectivity index (χ1v) is 9.97. The van der Waals surface area contributed by atoms with Gasteiger partial charge in [0.1, 0.15) is 17.2 Å². The summed E-state index contributed by atoms with van der Waals surface area (Å²) < 4.78 is 44.1. The van der Waals surface area contributed by atoms with Gasteiger partial charge < -0.3 is 9.73 Å². The number of hydrogen-bond donors (Lipinski definition) is 1. The maximum Gasteiger partial charge on any atom is 0.255 e. The zero-order valence-electron chi connectivity index (χ0n) is 15.3. The largest absolute Gasteiger partial charge is 0.455 e. The average molecular weight is 390 g/mol. The maximum absolute atomic E-state index is 13.3. The number of aryl methyl sites for hydroxylation is 1. The quantitative estimate of drug-likeness (QED) is 0.741. The third kappa shape index (κ3) is 3.40. The van der Waals surface area contributed by atoms with Gasteiger partial charge in [-0.2, -0.15) is 0 Å². The normalized spacial score (nSPS) is 11.6. The Hall–Kier alpha value is -2.87. The third-order valence-corrected chi connectivity index (χ3v) is 5.60. The van der Waals surface area contributed by atoms with Gasteiger partial charge in [-0.25, -0.2) is 12.8 Å². The molecule has 1 amide bonds. The average Bonchev–Trinajstić information content (AvgIpc) is 2.97. The molecule has 0 atom stereocenters. The van der Waals surface area contributed by atoms with Crippen LogP contribution in [0.2, 0.25) is 0 Å². The smallest absolute Gasteiger partial charge is 0.255 e. The van der Waals surface area contributed by atoms with Crippen LogP contribution in [0.1, 0.15) is 15.9 Å². The SMILES string of the molecule is CNC(=O)c1c(-c2ccc(F)cc2)oc2cc(N(C)S(C)(=O)=O)c(C)cc12. The molecule has 0 saturated heterocycles. The van der Waals surface area contributed by atoms with Crippen LogP contribution in [0.25, 0.3) is 22.3 Å². The highest BCUT2D eigenvalue weighted by Gasteiger charge is 2.24. The zero-order valence-corrected chi connectivity index (χ0v) is 16.1. The van der Waals surface area contributed by atoms with Crippen LogP contribution in [-0.4, -0.2) is 34.7 Å². The van der Waals surface area contributed by atoms with Crippen LogP contribution in [-0.2, 0) is 10.0 Å². The predicted molar refractivity (Wildman–Crippen MR) is 103 cm³/mol. The van der Waals surface area contributed by atoms with Gasteiger partial charge in [-0.1, -0.05) is 0 Å². The van der Waals surface area contributed by atoms with Gasteiger partial charge in [-0.05, 0) is 42.8 Å². The Labute approximate surface area is 156 Å². The van der Waals surface area contributed by atoms with Crippen molar-refractivity contribution in [2.75, 3.05) is 24.7 Å². The van der Waals surface area contributed by atoms with Crippen molar-refractivity contribution < 1.29 is 22.0 Å². The summed E-state index contributed by atoms with van der Waals surface area (Å²) in [5, 5.41) is 3.14. The van der Waals surface area contributed by atoms with Gasteiger partial charge in [0, 0.05) is 31.1 Å². The highest BCUT2D eigenvalue weighted by Crippen LogP contribution is 2.37. The van der Waals surface area contributed by atoms with Crippen LogP contribution in [0, 0.1) is 12.7 Å². The van der Waals surface area contributed by atoms with Crippen molar-refractivity contribution in [3.63, 3.8) is 0 Å². The molecule has 0 radical (unpaired) electrons. The molecule has 27 heavy (non-hydrogen) atoms. The lowest BCUT2D eigenvalue weighted by atomic mass is 10.0. The first-order chi connectivity index (χ1) is 12.6. The number of furan rings is 1. The molecular weight excluding hydrogens is 371 g/mol. The van der Waals surface area contributed by atoms with E-state index in [2.05, 4.69) is 5.32 Å². The summed E-state index contributed by atoms with van der Waals surface area (Å²) in [7, 11) is -0.498. The number of sulfonamides is 1. The van der Waals surface area contributed by atoms with E-state index in [9.17, 15) is 17.6 Å². The van der Waals surface area contributed by atoms with Crippen LogP contribution in [0.3, 0.4) is 0 Å². The fourth-order valence-corrected chi connectivity index (χ4v) is 3.47. The molecule has 0 bridgehead atoms. The van der Waals surface area contributed by atoms with Crippen molar-refractivity contribution in [3.8, 4) is 11.3 Å². The lowest BCUT2D eigenvalue weighted by molar-refractivity contribution is 0.0964. The Morgan fingerprint density at radius 1 is 1.19 bits per heavy atom. The van der Waals surface area contributed by atoms with E-state index < -0.39 is 15.8 Å². The van der Waals surface area contributed by atoms with Gasteiger partial charge in [-0.3, -0.25) is 9.10 Å². The van der Waals surface area contributed by atoms with E-state index in [0.717, 1.165) is 10.6 Å². The topological polar surface area (TPSA) is 79.6 Å². The Morgan fingerprint density at radius 2 is 1.81 bits per heavy atom. The molecule has 0 saturated carbocycles. The molecule has 0 aliphatic carbocycles. The van der Waals surface area contributed by atoms with Crippen LogP contribution >= 0.6 is 0 Å². The van der Waals surface area contributed by atoms with E-state index in [0.29, 0.717) is 39.1 Å². The first kappa shape index (κ1) is 18.9. The van der Waals surface area contributed by atoms with E-state index in [-0.39, 0.29) is 5.91 Å². The summed E-state index contributed by atoms with van der Waals surface area (Å²) in [6.45, 7) is 1.76. The lowest BCUT2D eigenvalue weighted by Crippen LogP contribution is -2.25. The number of nitrogens with one attached hydrogen (secondary N) is 1. The van der Waals surface area contributed by atoms with Crippen LogP contribution in [0.15, 0.2) is 40.8 Å². The number of fused-ring (bicyclic) bond motifs is 1. The van der Waals surface area contributed by atoms with Crippen molar-refractivity contribution in [2.45, 2.75) is 6.92 Å². The molecular formula is C19H19FN2O4S. The van der Waals surface area contributed by atoms with E-state index >= 15 is 0 Å². The molecule has 1 heterocycles. The fraction of sp³-hybridized carbons (Fsp3) is 0.211. The van der Waals surface area contributed by atoms with E-state index in [1.165, 1.54) is 38.4 Å². The second kappa shape index (κ2) is 6.70. The minimum Gasteiger partial charge on any atom is -0.455 e. The molecule has 3 rings (SSSR count). The van der Waals surface area contributed by atoms with Gasteiger partial charge in [0.05, 0.1) is 17.5 Å². The summed E-state index contributed by atoms with van der Waals surface area (Å²) in [5.74, 6) is -0.455. The Kier molecular flexibility index (Phi) is 4.69. The Morgan fingerprint density at radius 3 is 2.37 bits per heavy atom. The molecule has 142 valence electrons. The van der Waals surface area contributed by atoms with Crippen molar-refractivity contribution >= 4 is 32.6 Å². The summed E-state index contributed by atoms with van der Waals surface area (Å²) in [6, 6.07) is 8.92. The van der Waals surface area contributed by atoms with Gasteiger partial charge >= 0.3 is 0 Å². The monoisotopic (exact) mass is 390 g/mol. The standard InChI is InChI=1S/C19H19FN2O4S/c1-11-9-14-16(10-15(11)22(3)27(4,24)25)26-18(17(14)19(23)21-2)12-5-7-13(20)8-6-12/h5-10H,1-4H3,(H,21,23). The van der Waals surface area contributed by atoms with Crippen molar-refractivity contribution in [2.24, 2.45) is 0 Å². The number of carbonyl (C=O) groups excluding carboxylic acids is 1. The van der Waals surface area contributed by atoms with Crippen LogP contribution < -0.4 is 9.62 Å². The molecule has 2 aromatic carbocycles. The number of anilines is 1. The number of rotatable bonds is 4. The molecule has 3 aromatic rings. The third-order valence-electron chi connectivity index (χ3n) is 4.40. The van der Waals surface area contributed by atoms with E-state index in [1.54, 1.807) is 19.1 Å². The van der Waals surface area contributed by atoms with Crippen LogP contribution in [0.4, 0.5) is 10.1 Å². The Bertz CT molecular complexity index is 1130. The van der Waals surface area contributed by atoms with Gasteiger partial charge in [0.2, 0.25) is 10.0 Å². The Balaban J connectivity index is 2.30. The molecule has 0 unspecified atom stereocenters. The minimum absolute atomic E-state index is 0.294. The molecule has 6 nitrogen and oxygen atoms in total. The first-order valence-electron chi connectivity index (χ1n) is 8.12. The number of amides is 1. The van der Waals surface area contributed by atoms with Crippen molar-refractivity contribution in [3.05, 3.63) is 53.3 Å². The predicted octanol–water partition coefficient (Wildman–Crippen LogP) is 3.30. The number of benzene rings is 2. The second-order valence-corrected chi connectivity index (χ2v) is 8.27. The lowest BCUT2D eigenvalue weighted by Gasteiger charge is -2.18. The molecule has 1 N–H and O–H groups in total. The van der Waals surface area contributed by atoms with Gasteiger partial charge in [0.15, 0.2) is 0 Å². The molecule has 0 spiro atoms. The van der Waals surface area contributed by atoms with Gasteiger partial charge in [-0.15, -0.1) is 0 Å².